The molecule has 0 atom stereocenters. The Balaban J connectivity index is 3.02. The Bertz CT molecular complexity index is 105. The third-order valence-electron chi connectivity index (χ3n) is 1.73. The van der Waals surface area contributed by atoms with Gasteiger partial charge in [-0.2, -0.15) is 0 Å². The standard InChI is InChI=1S/C10H20O/c1-4-6-7-8-9-11-10(3)5-2/h5H,4,6-9H2,1-3H3/b10-5-. The minimum Gasteiger partial charge on any atom is -0.499 e. The van der Waals surface area contributed by atoms with Crippen molar-refractivity contribution < 1.29 is 4.74 Å². The van der Waals surface area contributed by atoms with Crippen LogP contribution in [0.2, 0.25) is 0 Å². The Labute approximate surface area is 70.4 Å². The van der Waals surface area contributed by atoms with Gasteiger partial charge in [-0.3, -0.25) is 0 Å². The highest BCUT2D eigenvalue weighted by Crippen LogP contribution is 2.01. The van der Waals surface area contributed by atoms with Gasteiger partial charge in [0.15, 0.2) is 0 Å². The topological polar surface area (TPSA) is 9.23 Å². The van der Waals surface area contributed by atoms with Crippen LogP contribution in [0.5, 0.6) is 0 Å². The van der Waals surface area contributed by atoms with Crippen LogP contribution in [0.15, 0.2) is 11.8 Å². The van der Waals surface area contributed by atoms with E-state index in [1.54, 1.807) is 0 Å². The van der Waals surface area contributed by atoms with E-state index in [1.807, 2.05) is 19.9 Å². The highest BCUT2D eigenvalue weighted by Gasteiger charge is 1.88. The van der Waals surface area contributed by atoms with Gasteiger partial charge >= 0.3 is 0 Å². The maximum Gasteiger partial charge on any atom is 0.0886 e. The molecule has 1 heteroatoms. The number of rotatable bonds is 6. The largest absolute Gasteiger partial charge is 0.499 e. The second-order valence-corrected chi connectivity index (χ2v) is 2.81. The van der Waals surface area contributed by atoms with Crippen molar-refractivity contribution in [3.8, 4) is 0 Å². The fourth-order valence-electron chi connectivity index (χ4n) is 0.845. The van der Waals surface area contributed by atoms with Crippen LogP contribution < -0.4 is 0 Å². The van der Waals surface area contributed by atoms with E-state index in [0.29, 0.717) is 0 Å². The molecule has 66 valence electrons. The zero-order valence-corrected chi connectivity index (χ0v) is 8.02. The molecule has 1 nitrogen and oxygen atoms in total. The average Bonchev–Trinajstić information content (AvgIpc) is 2.04. The summed E-state index contributed by atoms with van der Waals surface area (Å²) in [6.45, 7) is 7.11. The number of ether oxygens (including phenoxy) is 1. The molecule has 0 unspecified atom stereocenters. The number of hydrogen-bond acceptors (Lipinski definition) is 1. The van der Waals surface area contributed by atoms with Gasteiger partial charge < -0.3 is 4.74 Å². The second-order valence-electron chi connectivity index (χ2n) is 2.81. The van der Waals surface area contributed by atoms with Gasteiger partial charge in [-0.1, -0.05) is 32.3 Å². The fraction of sp³-hybridized carbons (Fsp3) is 0.800. The summed E-state index contributed by atoms with van der Waals surface area (Å²) in [5.41, 5.74) is 0. The van der Waals surface area contributed by atoms with Crippen molar-refractivity contribution in [1.82, 2.24) is 0 Å². The van der Waals surface area contributed by atoms with E-state index in [-0.39, 0.29) is 0 Å². The molecule has 0 rings (SSSR count). The summed E-state index contributed by atoms with van der Waals surface area (Å²) >= 11 is 0. The van der Waals surface area contributed by atoms with Crippen LogP contribution in [0, 0.1) is 0 Å². The first kappa shape index (κ1) is 10.5. The predicted molar refractivity (Wildman–Crippen MR) is 49.5 cm³/mol. The zero-order valence-electron chi connectivity index (χ0n) is 8.02. The molecule has 0 saturated carbocycles. The van der Waals surface area contributed by atoms with E-state index in [9.17, 15) is 0 Å². The lowest BCUT2D eigenvalue weighted by atomic mass is 10.2. The number of allylic oxidation sites excluding steroid dienone is 2. The quantitative estimate of drug-likeness (QED) is 0.422. The first-order chi connectivity index (χ1) is 5.31. The lowest BCUT2D eigenvalue weighted by Crippen LogP contribution is -1.91. The SMILES string of the molecule is C/C=C(/C)OCCCCCC. The zero-order chi connectivity index (χ0) is 8.53. The van der Waals surface area contributed by atoms with E-state index in [0.717, 1.165) is 12.4 Å². The van der Waals surface area contributed by atoms with Crippen LogP contribution in [0.4, 0.5) is 0 Å². The molecule has 0 aromatic rings. The highest BCUT2D eigenvalue weighted by atomic mass is 16.5. The maximum absolute atomic E-state index is 5.40. The molecule has 0 amide bonds. The molecular formula is C10H20O. The molecule has 0 aromatic heterocycles. The third kappa shape index (κ3) is 7.44. The Morgan fingerprint density at radius 1 is 1.27 bits per heavy atom. The molecule has 11 heavy (non-hydrogen) atoms. The molecule has 0 spiro atoms. The summed E-state index contributed by atoms with van der Waals surface area (Å²) < 4.78 is 5.40. The van der Waals surface area contributed by atoms with Crippen molar-refractivity contribution in [2.75, 3.05) is 6.61 Å². The lowest BCUT2D eigenvalue weighted by molar-refractivity contribution is 0.206. The van der Waals surface area contributed by atoms with Gasteiger partial charge in [0, 0.05) is 0 Å². The Hall–Kier alpha value is -0.460. The fourth-order valence-corrected chi connectivity index (χ4v) is 0.845. The van der Waals surface area contributed by atoms with Gasteiger partial charge in [0.2, 0.25) is 0 Å². The lowest BCUT2D eigenvalue weighted by Gasteiger charge is -2.04. The smallest absolute Gasteiger partial charge is 0.0886 e. The van der Waals surface area contributed by atoms with E-state index < -0.39 is 0 Å². The Morgan fingerprint density at radius 3 is 2.55 bits per heavy atom. The van der Waals surface area contributed by atoms with Crippen LogP contribution >= 0.6 is 0 Å². The summed E-state index contributed by atoms with van der Waals surface area (Å²) in [4.78, 5) is 0. The normalized spacial score (nSPS) is 11.7. The van der Waals surface area contributed by atoms with E-state index in [2.05, 4.69) is 6.92 Å². The summed E-state index contributed by atoms with van der Waals surface area (Å²) in [6, 6.07) is 0. The van der Waals surface area contributed by atoms with Gasteiger partial charge in [-0.25, -0.2) is 0 Å². The van der Waals surface area contributed by atoms with Crippen LogP contribution in [0.25, 0.3) is 0 Å². The Morgan fingerprint density at radius 2 is 2.00 bits per heavy atom. The van der Waals surface area contributed by atoms with Crippen molar-refractivity contribution in [3.05, 3.63) is 11.8 Å². The van der Waals surface area contributed by atoms with Gasteiger partial charge in [0.05, 0.1) is 12.4 Å². The van der Waals surface area contributed by atoms with Crippen LogP contribution in [-0.4, -0.2) is 6.61 Å². The molecule has 0 N–H and O–H groups in total. The monoisotopic (exact) mass is 156 g/mol. The van der Waals surface area contributed by atoms with Gasteiger partial charge in [0.1, 0.15) is 0 Å². The van der Waals surface area contributed by atoms with Crippen molar-refractivity contribution in [2.45, 2.75) is 46.5 Å². The van der Waals surface area contributed by atoms with Gasteiger partial charge in [-0.05, 0) is 20.3 Å². The van der Waals surface area contributed by atoms with E-state index in [4.69, 9.17) is 4.74 Å². The molecule has 0 aliphatic heterocycles. The molecule has 0 radical (unpaired) electrons. The molecule has 0 aromatic carbocycles. The molecule has 0 aliphatic rings. The number of unbranched alkanes of at least 4 members (excludes halogenated alkanes) is 3. The average molecular weight is 156 g/mol. The molecule has 0 bridgehead atoms. The summed E-state index contributed by atoms with van der Waals surface area (Å²) in [7, 11) is 0. The van der Waals surface area contributed by atoms with Crippen molar-refractivity contribution >= 4 is 0 Å². The third-order valence-corrected chi connectivity index (χ3v) is 1.73. The summed E-state index contributed by atoms with van der Waals surface area (Å²) in [5.74, 6) is 1.04. The molecule has 0 aliphatic carbocycles. The van der Waals surface area contributed by atoms with Gasteiger partial charge in [0.25, 0.3) is 0 Å². The molecule has 0 heterocycles. The van der Waals surface area contributed by atoms with Crippen molar-refractivity contribution in [2.24, 2.45) is 0 Å². The highest BCUT2D eigenvalue weighted by molar-refractivity contribution is 4.83. The minimum atomic E-state index is 0.885. The first-order valence-electron chi connectivity index (χ1n) is 4.57. The Kier molecular flexibility index (Phi) is 7.33. The summed E-state index contributed by atoms with van der Waals surface area (Å²) in [6.07, 6.45) is 7.12. The van der Waals surface area contributed by atoms with Crippen LogP contribution in [0.1, 0.15) is 46.5 Å². The second kappa shape index (κ2) is 7.64. The predicted octanol–water partition coefficient (Wildman–Crippen LogP) is 3.51. The summed E-state index contributed by atoms with van der Waals surface area (Å²) in [5, 5.41) is 0. The van der Waals surface area contributed by atoms with E-state index in [1.165, 1.54) is 25.7 Å². The van der Waals surface area contributed by atoms with Crippen LogP contribution in [0.3, 0.4) is 0 Å². The molecular weight excluding hydrogens is 136 g/mol. The minimum absolute atomic E-state index is 0.885. The first-order valence-corrected chi connectivity index (χ1v) is 4.57. The van der Waals surface area contributed by atoms with Crippen molar-refractivity contribution in [3.63, 3.8) is 0 Å². The molecule has 0 fully saturated rings. The molecule has 0 saturated heterocycles. The van der Waals surface area contributed by atoms with E-state index >= 15 is 0 Å². The van der Waals surface area contributed by atoms with Crippen molar-refractivity contribution in [1.29, 1.82) is 0 Å². The van der Waals surface area contributed by atoms with Crippen LogP contribution in [-0.2, 0) is 4.74 Å². The van der Waals surface area contributed by atoms with Gasteiger partial charge in [-0.15, -0.1) is 0 Å². The number of hydrogen-bond donors (Lipinski definition) is 0. The maximum atomic E-state index is 5.40.